The summed E-state index contributed by atoms with van der Waals surface area (Å²) in [5.41, 5.74) is 0. The number of hydrogen-bond acceptors (Lipinski definition) is 6. The fourth-order valence-electron chi connectivity index (χ4n) is 6.58. The van der Waals surface area contributed by atoms with E-state index in [2.05, 4.69) is 38.2 Å². The van der Waals surface area contributed by atoms with E-state index >= 15 is 0 Å². The number of carbonyl (C=O) groups is 3. The fraction of sp³-hybridized carbons (Fsp3) is 0.706. The summed E-state index contributed by atoms with van der Waals surface area (Å²) in [6.45, 7) is 4.54. The van der Waals surface area contributed by atoms with Crippen molar-refractivity contribution in [3.63, 3.8) is 0 Å². The van der Waals surface area contributed by atoms with Crippen LogP contribution in [0.1, 0.15) is 181 Å². The van der Waals surface area contributed by atoms with Crippen LogP contribution in [0.25, 0.3) is 0 Å². The van der Waals surface area contributed by atoms with Gasteiger partial charge in [0.1, 0.15) is 6.61 Å². The summed E-state index contributed by atoms with van der Waals surface area (Å²) in [6, 6.07) is -0.627. The van der Waals surface area contributed by atoms with Crippen molar-refractivity contribution in [2.45, 2.75) is 193 Å². The zero-order valence-corrected chi connectivity index (χ0v) is 38.4. The van der Waals surface area contributed by atoms with Crippen molar-refractivity contribution in [3.05, 3.63) is 72.9 Å². The third kappa shape index (κ3) is 40.0. The number of allylic oxidation sites excluding steroid dienone is 12. The predicted octanol–water partition coefficient (Wildman–Crippen LogP) is 13.1. The summed E-state index contributed by atoms with van der Waals surface area (Å²) in [6.07, 6.45) is 52.4. The van der Waals surface area contributed by atoms with E-state index in [9.17, 15) is 19.5 Å². The molecule has 0 spiro atoms. The zero-order chi connectivity index (χ0) is 43.5. The summed E-state index contributed by atoms with van der Waals surface area (Å²) in [7, 11) is 5.50. The van der Waals surface area contributed by atoms with Crippen LogP contribution in [0, 0.1) is 0 Å². The highest BCUT2D eigenvalue weighted by atomic mass is 16.6. The van der Waals surface area contributed by atoms with Crippen LogP contribution in [0.2, 0.25) is 0 Å². The Morgan fingerprint density at radius 1 is 0.525 bits per heavy atom. The van der Waals surface area contributed by atoms with E-state index in [1.54, 1.807) is 0 Å². The van der Waals surface area contributed by atoms with Crippen LogP contribution in [0.3, 0.4) is 0 Å². The first-order valence-corrected chi connectivity index (χ1v) is 23.5. The maximum absolute atomic E-state index is 12.7. The molecule has 0 saturated carbocycles. The van der Waals surface area contributed by atoms with Gasteiger partial charge in [0.25, 0.3) is 0 Å². The van der Waals surface area contributed by atoms with Crippen molar-refractivity contribution in [1.29, 1.82) is 0 Å². The molecule has 59 heavy (non-hydrogen) atoms. The van der Waals surface area contributed by atoms with Crippen molar-refractivity contribution in [2.24, 2.45) is 0 Å². The molecule has 0 aromatic heterocycles. The van der Waals surface area contributed by atoms with Gasteiger partial charge in [0, 0.05) is 19.3 Å². The molecule has 0 heterocycles. The van der Waals surface area contributed by atoms with Gasteiger partial charge in [-0.1, -0.05) is 177 Å². The lowest BCUT2D eigenvalue weighted by Crippen LogP contribution is -2.50. The van der Waals surface area contributed by atoms with E-state index in [1.807, 2.05) is 69.8 Å². The average Bonchev–Trinajstić information content (AvgIpc) is 3.19. The highest BCUT2D eigenvalue weighted by molar-refractivity contribution is 5.72. The first-order valence-electron chi connectivity index (χ1n) is 23.5. The Morgan fingerprint density at radius 3 is 1.47 bits per heavy atom. The molecule has 0 saturated heterocycles. The second-order valence-electron chi connectivity index (χ2n) is 16.7. The molecule has 1 N–H and O–H groups in total. The van der Waals surface area contributed by atoms with E-state index < -0.39 is 18.1 Å². The van der Waals surface area contributed by atoms with Crippen molar-refractivity contribution in [3.8, 4) is 0 Å². The van der Waals surface area contributed by atoms with Gasteiger partial charge in [-0.25, -0.2) is 4.79 Å². The third-order valence-corrected chi connectivity index (χ3v) is 10.2. The van der Waals surface area contributed by atoms with E-state index in [0.717, 1.165) is 44.9 Å². The summed E-state index contributed by atoms with van der Waals surface area (Å²) in [5.74, 6) is -1.53. The maximum atomic E-state index is 12.7. The first kappa shape index (κ1) is 55.8. The monoisotopic (exact) mass is 827 g/mol. The van der Waals surface area contributed by atoms with E-state index in [4.69, 9.17) is 14.2 Å². The molecular weight excluding hydrogens is 739 g/mol. The Labute approximate surface area is 361 Å². The number of esters is 2. The van der Waals surface area contributed by atoms with Crippen LogP contribution in [-0.4, -0.2) is 80.6 Å². The summed E-state index contributed by atoms with van der Waals surface area (Å²) >= 11 is 0. The molecule has 0 aromatic rings. The van der Waals surface area contributed by atoms with Crippen molar-refractivity contribution in [2.75, 3.05) is 41.0 Å². The number of unbranched alkanes of at least 4 members (excludes halogenated alkanes) is 19. The van der Waals surface area contributed by atoms with Gasteiger partial charge in [-0.3, -0.25) is 9.59 Å². The zero-order valence-electron chi connectivity index (χ0n) is 38.4. The van der Waals surface area contributed by atoms with E-state index in [0.29, 0.717) is 19.3 Å². The number of ether oxygens (including phenoxy) is 3. The van der Waals surface area contributed by atoms with Crippen molar-refractivity contribution < 1.29 is 38.2 Å². The standard InChI is InChI=1S/C51H87NO7/c1-6-8-10-12-14-16-18-20-22-23-24-25-26-28-29-31-33-35-37-39-41-49(53)58-46-47(45-57-44-43-48(51(55)56)52(3,4)5)59-50(54)42-40-38-36-34-32-30-27-21-19-17-15-13-11-9-7-2/h9,11,13,15,17,19,21,24-25,27,30,32,47-48H,6-8,10,12,14,16,18,20,22-23,26,28-29,31,33-46H2,1-5H3/p+1/b11-9+,15-13+,19-17+,25-24+,27-21+,32-30+. The number of hydrogen-bond donors (Lipinski definition) is 1. The predicted molar refractivity (Wildman–Crippen MR) is 247 cm³/mol. The lowest BCUT2D eigenvalue weighted by Gasteiger charge is -2.31. The van der Waals surface area contributed by atoms with Crippen LogP contribution in [0.4, 0.5) is 0 Å². The molecule has 0 rings (SSSR count). The van der Waals surface area contributed by atoms with Gasteiger partial charge in [-0.2, -0.15) is 0 Å². The number of carbonyl (C=O) groups excluding carboxylic acids is 2. The number of aliphatic carboxylic acids is 1. The summed E-state index contributed by atoms with van der Waals surface area (Å²) < 4.78 is 17.3. The minimum atomic E-state index is -0.885. The smallest absolute Gasteiger partial charge is 0.362 e. The van der Waals surface area contributed by atoms with Crippen LogP contribution in [0.5, 0.6) is 0 Å². The first-order chi connectivity index (χ1) is 28.6. The molecule has 0 bridgehead atoms. The van der Waals surface area contributed by atoms with Crippen molar-refractivity contribution in [1.82, 2.24) is 0 Å². The number of likely N-dealkylation sites (N-methyl/N-ethyl adjacent to an activating group) is 1. The molecule has 0 amide bonds. The highest BCUT2D eigenvalue weighted by Gasteiger charge is 2.31. The number of nitrogens with zero attached hydrogens (tertiary/aromatic N) is 1. The molecule has 0 aliphatic heterocycles. The number of carboxylic acid groups (broad SMARTS) is 1. The summed E-state index contributed by atoms with van der Waals surface area (Å²) in [5, 5.41) is 9.63. The van der Waals surface area contributed by atoms with Crippen LogP contribution >= 0.6 is 0 Å². The average molecular weight is 827 g/mol. The second kappa shape index (κ2) is 41.5. The number of quaternary nitrogens is 1. The molecule has 2 unspecified atom stereocenters. The minimum absolute atomic E-state index is 0.0390. The Hall–Kier alpha value is -3.23. The van der Waals surface area contributed by atoms with Gasteiger partial charge in [0.15, 0.2) is 12.1 Å². The SMILES string of the molecule is CC/C=C/C=C/C=C/C=C/C=C/CCCCCC(=O)OC(COCCC(C(=O)O)[N+](C)(C)C)COC(=O)CCCCCCCCC/C=C/CCCCCCCCCCC. The second-order valence-corrected chi connectivity index (χ2v) is 16.7. The van der Waals surface area contributed by atoms with Gasteiger partial charge in [-0.15, -0.1) is 0 Å². The van der Waals surface area contributed by atoms with Crippen LogP contribution in [-0.2, 0) is 28.6 Å². The van der Waals surface area contributed by atoms with Gasteiger partial charge < -0.3 is 23.8 Å². The minimum Gasteiger partial charge on any atom is -0.477 e. The van der Waals surface area contributed by atoms with Gasteiger partial charge in [0.2, 0.25) is 0 Å². The Bertz CT molecular complexity index is 1190. The third-order valence-electron chi connectivity index (χ3n) is 10.2. The maximum Gasteiger partial charge on any atom is 0.362 e. The lowest BCUT2D eigenvalue weighted by atomic mass is 10.1. The largest absolute Gasteiger partial charge is 0.477 e. The summed E-state index contributed by atoms with van der Waals surface area (Å²) in [4.78, 5) is 37.0. The van der Waals surface area contributed by atoms with Crippen LogP contribution < -0.4 is 0 Å². The lowest BCUT2D eigenvalue weighted by molar-refractivity contribution is -0.887. The van der Waals surface area contributed by atoms with Crippen LogP contribution in [0.15, 0.2) is 72.9 Å². The van der Waals surface area contributed by atoms with E-state index in [-0.39, 0.29) is 42.7 Å². The van der Waals surface area contributed by atoms with E-state index in [1.165, 1.54) is 96.3 Å². The molecule has 0 aromatic carbocycles. The van der Waals surface area contributed by atoms with Gasteiger partial charge in [0.05, 0.1) is 34.4 Å². The normalized spacial score (nSPS) is 13.6. The molecule has 8 heteroatoms. The quantitative estimate of drug-likeness (QED) is 0.0215. The molecule has 0 aliphatic rings. The molecule has 0 aliphatic carbocycles. The Kier molecular flexibility index (Phi) is 39.2. The molecule has 0 radical (unpaired) electrons. The molecule has 2 atom stereocenters. The number of carboxylic acids is 1. The van der Waals surface area contributed by atoms with Gasteiger partial charge >= 0.3 is 17.9 Å². The number of rotatable bonds is 41. The molecular formula is C51H88NO7+. The topological polar surface area (TPSA) is 99.1 Å². The van der Waals surface area contributed by atoms with Gasteiger partial charge in [-0.05, 0) is 57.8 Å². The fourth-order valence-corrected chi connectivity index (χ4v) is 6.58. The van der Waals surface area contributed by atoms with Crippen molar-refractivity contribution >= 4 is 17.9 Å². The molecule has 8 nitrogen and oxygen atoms in total. The Balaban J connectivity index is 4.35. The molecule has 0 fully saturated rings. The Morgan fingerprint density at radius 2 is 0.966 bits per heavy atom. The molecule has 338 valence electrons. The highest BCUT2D eigenvalue weighted by Crippen LogP contribution is 2.14.